The van der Waals surface area contributed by atoms with E-state index in [9.17, 15) is 9.59 Å². The fourth-order valence-electron chi connectivity index (χ4n) is 1.44. The third kappa shape index (κ3) is 4.97. The molecule has 0 radical (unpaired) electrons. The largest absolute Gasteiger partial charge is 0.481 e. The molecule has 0 spiro atoms. The molecule has 1 aromatic rings. The number of carboxylic acids is 1. The SMILES string of the molecule is COCCNC(=O)c1ccc(CCC(=O)O)cc1. The summed E-state index contributed by atoms with van der Waals surface area (Å²) in [7, 11) is 1.57. The van der Waals surface area contributed by atoms with Crippen LogP contribution in [0.15, 0.2) is 24.3 Å². The minimum absolute atomic E-state index is 0.0966. The van der Waals surface area contributed by atoms with E-state index >= 15 is 0 Å². The Bertz CT molecular complexity index is 400. The van der Waals surface area contributed by atoms with Gasteiger partial charge in [0.15, 0.2) is 0 Å². The third-order valence-electron chi connectivity index (χ3n) is 2.44. The summed E-state index contributed by atoms with van der Waals surface area (Å²) in [5, 5.41) is 11.3. The third-order valence-corrected chi connectivity index (χ3v) is 2.44. The Morgan fingerprint density at radius 1 is 1.28 bits per heavy atom. The van der Waals surface area contributed by atoms with Crippen molar-refractivity contribution in [1.29, 1.82) is 0 Å². The van der Waals surface area contributed by atoms with Gasteiger partial charge >= 0.3 is 5.97 Å². The summed E-state index contributed by atoms with van der Waals surface area (Å²) in [5.41, 5.74) is 1.47. The maximum absolute atomic E-state index is 11.6. The zero-order valence-electron chi connectivity index (χ0n) is 10.3. The lowest BCUT2D eigenvalue weighted by Gasteiger charge is -2.05. The summed E-state index contributed by atoms with van der Waals surface area (Å²) in [6.07, 6.45) is 0.570. The number of benzene rings is 1. The van der Waals surface area contributed by atoms with Crippen LogP contribution in [0.5, 0.6) is 0 Å². The Morgan fingerprint density at radius 2 is 1.94 bits per heavy atom. The minimum Gasteiger partial charge on any atom is -0.481 e. The van der Waals surface area contributed by atoms with Gasteiger partial charge in [0.05, 0.1) is 6.61 Å². The van der Waals surface area contributed by atoms with Crippen molar-refractivity contribution in [2.24, 2.45) is 0 Å². The van der Waals surface area contributed by atoms with Crippen LogP contribution >= 0.6 is 0 Å². The van der Waals surface area contributed by atoms with E-state index in [1.54, 1.807) is 31.4 Å². The molecule has 0 saturated carbocycles. The average molecular weight is 251 g/mol. The van der Waals surface area contributed by atoms with Crippen molar-refractivity contribution in [2.75, 3.05) is 20.3 Å². The highest BCUT2D eigenvalue weighted by Gasteiger charge is 2.05. The van der Waals surface area contributed by atoms with E-state index in [1.165, 1.54) is 0 Å². The molecule has 0 bridgehead atoms. The number of aryl methyl sites for hydroxylation is 1. The van der Waals surface area contributed by atoms with Crippen LogP contribution in [0.1, 0.15) is 22.3 Å². The molecule has 2 N–H and O–H groups in total. The van der Waals surface area contributed by atoms with Crippen molar-refractivity contribution in [2.45, 2.75) is 12.8 Å². The predicted octanol–water partition coefficient (Wildman–Crippen LogP) is 1.08. The van der Waals surface area contributed by atoms with E-state index < -0.39 is 5.97 Å². The molecule has 5 heteroatoms. The molecule has 0 fully saturated rings. The van der Waals surface area contributed by atoms with Gasteiger partial charge in [-0.1, -0.05) is 12.1 Å². The number of rotatable bonds is 7. The molecule has 5 nitrogen and oxygen atoms in total. The fraction of sp³-hybridized carbons (Fsp3) is 0.385. The molecule has 0 atom stereocenters. The van der Waals surface area contributed by atoms with Crippen molar-refractivity contribution in [3.8, 4) is 0 Å². The molecule has 1 aromatic carbocycles. The maximum Gasteiger partial charge on any atom is 0.303 e. The van der Waals surface area contributed by atoms with Crippen molar-refractivity contribution in [3.05, 3.63) is 35.4 Å². The smallest absolute Gasteiger partial charge is 0.303 e. The number of carboxylic acid groups (broad SMARTS) is 1. The van der Waals surface area contributed by atoms with Crippen molar-refractivity contribution in [1.82, 2.24) is 5.32 Å². The molecule has 0 heterocycles. The Kier molecular flexibility index (Phi) is 5.87. The number of carbonyl (C=O) groups excluding carboxylic acids is 1. The molecule has 0 aliphatic rings. The Hall–Kier alpha value is -1.88. The number of amides is 1. The molecular formula is C13H17NO4. The topological polar surface area (TPSA) is 75.6 Å². The zero-order chi connectivity index (χ0) is 13.4. The van der Waals surface area contributed by atoms with Crippen LogP contribution < -0.4 is 5.32 Å². The van der Waals surface area contributed by atoms with E-state index in [4.69, 9.17) is 9.84 Å². The highest BCUT2D eigenvalue weighted by atomic mass is 16.5. The van der Waals surface area contributed by atoms with Crippen LogP contribution in [0.3, 0.4) is 0 Å². The first-order valence-electron chi connectivity index (χ1n) is 5.71. The Labute approximate surface area is 106 Å². The standard InChI is InChI=1S/C13H17NO4/c1-18-9-8-14-13(17)11-5-2-10(3-6-11)4-7-12(15)16/h2-3,5-6H,4,7-9H2,1H3,(H,14,17)(H,15,16). The predicted molar refractivity (Wildman–Crippen MR) is 66.6 cm³/mol. The summed E-state index contributed by atoms with van der Waals surface area (Å²) in [6, 6.07) is 6.93. The summed E-state index contributed by atoms with van der Waals surface area (Å²) in [5.74, 6) is -0.979. The maximum atomic E-state index is 11.6. The van der Waals surface area contributed by atoms with Gasteiger partial charge in [-0.05, 0) is 24.1 Å². The quantitative estimate of drug-likeness (QED) is 0.711. The molecule has 0 aromatic heterocycles. The summed E-state index contributed by atoms with van der Waals surface area (Å²) < 4.78 is 4.83. The van der Waals surface area contributed by atoms with Gasteiger partial charge in [0, 0.05) is 25.6 Å². The van der Waals surface area contributed by atoms with Gasteiger partial charge in [-0.2, -0.15) is 0 Å². The first kappa shape index (κ1) is 14.2. The van der Waals surface area contributed by atoms with Gasteiger partial charge in [0.1, 0.15) is 0 Å². The van der Waals surface area contributed by atoms with Gasteiger partial charge in [0.2, 0.25) is 0 Å². The van der Waals surface area contributed by atoms with Crippen LogP contribution in [0.25, 0.3) is 0 Å². The lowest BCUT2D eigenvalue weighted by Crippen LogP contribution is -2.26. The second-order valence-electron chi connectivity index (χ2n) is 3.84. The highest BCUT2D eigenvalue weighted by molar-refractivity contribution is 5.94. The number of methoxy groups -OCH3 is 1. The monoisotopic (exact) mass is 251 g/mol. The highest BCUT2D eigenvalue weighted by Crippen LogP contribution is 2.06. The Balaban J connectivity index is 2.48. The van der Waals surface area contributed by atoms with Crippen molar-refractivity contribution >= 4 is 11.9 Å². The van der Waals surface area contributed by atoms with Gasteiger partial charge in [-0.15, -0.1) is 0 Å². The number of hydrogen-bond donors (Lipinski definition) is 2. The second kappa shape index (κ2) is 7.45. The van der Waals surface area contributed by atoms with Crippen molar-refractivity contribution < 1.29 is 19.4 Å². The first-order chi connectivity index (χ1) is 8.63. The van der Waals surface area contributed by atoms with Gasteiger partial charge in [0.25, 0.3) is 5.91 Å². The number of carbonyl (C=O) groups is 2. The number of hydrogen-bond acceptors (Lipinski definition) is 3. The average Bonchev–Trinajstić information content (AvgIpc) is 2.37. The molecule has 1 amide bonds. The van der Waals surface area contributed by atoms with Gasteiger partial charge in [-0.25, -0.2) is 0 Å². The first-order valence-corrected chi connectivity index (χ1v) is 5.71. The minimum atomic E-state index is -0.823. The molecule has 1 rings (SSSR count). The molecule has 0 aliphatic heterocycles. The number of nitrogens with one attached hydrogen (secondary N) is 1. The normalized spacial score (nSPS) is 10.1. The van der Waals surface area contributed by atoms with Gasteiger partial charge in [-0.3, -0.25) is 9.59 Å². The molecule has 98 valence electrons. The van der Waals surface area contributed by atoms with E-state index in [0.717, 1.165) is 5.56 Å². The molecule has 0 aliphatic carbocycles. The van der Waals surface area contributed by atoms with E-state index in [1.807, 2.05) is 0 Å². The number of ether oxygens (including phenoxy) is 1. The summed E-state index contributed by atoms with van der Waals surface area (Å²) >= 11 is 0. The Morgan fingerprint density at radius 3 is 2.50 bits per heavy atom. The number of aliphatic carboxylic acids is 1. The van der Waals surface area contributed by atoms with Crippen LogP contribution in [0, 0.1) is 0 Å². The lowest BCUT2D eigenvalue weighted by molar-refractivity contribution is -0.136. The van der Waals surface area contributed by atoms with Crippen molar-refractivity contribution in [3.63, 3.8) is 0 Å². The summed E-state index contributed by atoms with van der Waals surface area (Å²) in [6.45, 7) is 0.943. The van der Waals surface area contributed by atoms with Crippen LogP contribution in [-0.2, 0) is 16.0 Å². The van der Waals surface area contributed by atoms with E-state index in [-0.39, 0.29) is 12.3 Å². The van der Waals surface area contributed by atoms with Crippen LogP contribution in [0.4, 0.5) is 0 Å². The lowest BCUT2D eigenvalue weighted by atomic mass is 10.1. The molecule has 18 heavy (non-hydrogen) atoms. The van der Waals surface area contributed by atoms with Gasteiger partial charge < -0.3 is 15.2 Å². The fourth-order valence-corrected chi connectivity index (χ4v) is 1.44. The molecule has 0 saturated heterocycles. The van der Waals surface area contributed by atoms with Crippen LogP contribution in [-0.4, -0.2) is 37.2 Å². The molecule has 0 unspecified atom stereocenters. The summed E-state index contributed by atoms with van der Waals surface area (Å²) in [4.78, 5) is 22.1. The second-order valence-corrected chi connectivity index (χ2v) is 3.84. The van der Waals surface area contributed by atoms with E-state index in [0.29, 0.717) is 25.1 Å². The molecular weight excluding hydrogens is 234 g/mol. The zero-order valence-corrected chi connectivity index (χ0v) is 10.3. The van der Waals surface area contributed by atoms with E-state index in [2.05, 4.69) is 5.32 Å². The van der Waals surface area contributed by atoms with Crippen LogP contribution in [0.2, 0.25) is 0 Å².